The number of halogens is 1. The molecule has 0 saturated heterocycles. The molecule has 3 aromatic carbocycles. The van der Waals surface area contributed by atoms with Crippen molar-refractivity contribution < 1.29 is 19.1 Å². The Balaban J connectivity index is 1.60. The number of nitrogens with one attached hydrogen (secondary N) is 1. The van der Waals surface area contributed by atoms with Crippen LogP contribution in [0.1, 0.15) is 15.9 Å². The number of aromatic nitrogens is 2. The summed E-state index contributed by atoms with van der Waals surface area (Å²) < 4.78 is 14.2. The Kier molecular flexibility index (Phi) is 6.00. The number of hydrogen-bond donors (Lipinski definition) is 2. The molecule has 0 bridgehead atoms. The van der Waals surface area contributed by atoms with E-state index in [2.05, 4.69) is 21.2 Å². The van der Waals surface area contributed by atoms with E-state index >= 15 is 0 Å². The van der Waals surface area contributed by atoms with Crippen LogP contribution < -0.4 is 15.7 Å². The molecular formula is C26H20BrN3O5. The van der Waals surface area contributed by atoms with Gasteiger partial charge in [-0.1, -0.05) is 34.1 Å². The highest BCUT2D eigenvalue weighted by atomic mass is 79.9. The molecular weight excluding hydrogens is 514 g/mol. The fourth-order valence-corrected chi connectivity index (χ4v) is 4.24. The first kappa shape index (κ1) is 22.7. The number of ether oxygens (including phenoxy) is 1. The second kappa shape index (κ2) is 9.27. The summed E-state index contributed by atoms with van der Waals surface area (Å²) in [5, 5.41) is 13.3. The van der Waals surface area contributed by atoms with Crippen molar-refractivity contribution in [1.29, 1.82) is 0 Å². The van der Waals surface area contributed by atoms with E-state index < -0.39 is 11.6 Å². The summed E-state index contributed by atoms with van der Waals surface area (Å²) >= 11 is 3.44. The topological polar surface area (TPSA) is 107 Å². The molecule has 0 unspecified atom stereocenters. The molecule has 0 fully saturated rings. The van der Waals surface area contributed by atoms with Gasteiger partial charge in [0, 0.05) is 21.6 Å². The fourth-order valence-electron chi connectivity index (χ4n) is 3.97. The van der Waals surface area contributed by atoms with E-state index in [4.69, 9.17) is 14.1 Å². The third-order valence-electron chi connectivity index (χ3n) is 5.68. The van der Waals surface area contributed by atoms with E-state index in [1.165, 1.54) is 0 Å². The number of carboxylic acid groups (broad SMARTS) is 1. The van der Waals surface area contributed by atoms with Crippen LogP contribution >= 0.6 is 15.9 Å². The van der Waals surface area contributed by atoms with Crippen LogP contribution in [0.25, 0.3) is 22.0 Å². The zero-order valence-electron chi connectivity index (χ0n) is 18.6. The average molecular weight is 534 g/mol. The van der Waals surface area contributed by atoms with Gasteiger partial charge in [0.15, 0.2) is 0 Å². The zero-order chi connectivity index (χ0) is 24.5. The Morgan fingerprint density at radius 1 is 1.14 bits per heavy atom. The Morgan fingerprint density at radius 3 is 2.60 bits per heavy atom. The molecule has 0 radical (unpaired) electrons. The first-order chi connectivity index (χ1) is 16.9. The number of hydrogen-bond acceptors (Lipinski definition) is 6. The molecule has 2 N–H and O–H groups in total. The van der Waals surface area contributed by atoms with Gasteiger partial charge >= 0.3 is 11.6 Å². The van der Waals surface area contributed by atoms with E-state index in [9.17, 15) is 14.7 Å². The molecule has 5 aromatic rings. The monoisotopic (exact) mass is 533 g/mol. The average Bonchev–Trinajstić information content (AvgIpc) is 3.16. The van der Waals surface area contributed by atoms with Crippen molar-refractivity contribution in [2.45, 2.75) is 13.5 Å². The van der Waals surface area contributed by atoms with Crippen LogP contribution in [0, 0.1) is 6.92 Å². The fraction of sp³-hybridized carbons (Fsp3) is 0.115. The smallest absolute Gasteiger partial charge is 0.351 e. The first-order valence-corrected chi connectivity index (χ1v) is 11.6. The lowest BCUT2D eigenvalue weighted by atomic mass is 10.1. The molecule has 9 heteroatoms. The number of aromatic carboxylic acids is 1. The Morgan fingerprint density at radius 2 is 1.89 bits per heavy atom. The van der Waals surface area contributed by atoms with E-state index in [-0.39, 0.29) is 5.56 Å². The summed E-state index contributed by atoms with van der Waals surface area (Å²) in [6.45, 7) is 2.44. The summed E-state index contributed by atoms with van der Waals surface area (Å²) in [6.07, 6.45) is 0. The minimum absolute atomic E-state index is 0.297. The molecule has 0 saturated carbocycles. The number of anilines is 2. The van der Waals surface area contributed by atoms with E-state index in [1.54, 1.807) is 19.1 Å². The van der Waals surface area contributed by atoms with Gasteiger partial charge in [-0.25, -0.2) is 14.6 Å². The largest absolute Gasteiger partial charge is 0.492 e. The van der Waals surface area contributed by atoms with Crippen LogP contribution in [-0.2, 0) is 6.54 Å². The summed E-state index contributed by atoms with van der Waals surface area (Å²) in [5.41, 5.74) is 1.58. The molecule has 176 valence electrons. The van der Waals surface area contributed by atoms with E-state index in [1.807, 2.05) is 59.2 Å². The second-order valence-electron chi connectivity index (χ2n) is 7.91. The number of carboxylic acids is 1. The quantitative estimate of drug-likeness (QED) is 0.257. The molecule has 0 aliphatic heterocycles. The number of rotatable bonds is 7. The Labute approximate surface area is 207 Å². The number of nitrogens with zero attached hydrogens (tertiary/aromatic N) is 2. The van der Waals surface area contributed by atoms with Gasteiger partial charge in [-0.2, -0.15) is 0 Å². The summed E-state index contributed by atoms with van der Waals surface area (Å²) in [7, 11) is 0. The third-order valence-corrected chi connectivity index (χ3v) is 6.21. The molecule has 35 heavy (non-hydrogen) atoms. The second-order valence-corrected chi connectivity index (χ2v) is 8.83. The van der Waals surface area contributed by atoms with Gasteiger partial charge in [0.05, 0.1) is 17.6 Å². The summed E-state index contributed by atoms with van der Waals surface area (Å²) in [5.74, 6) is 0.0137. The number of carbonyl (C=O) groups is 1. The first-order valence-electron chi connectivity index (χ1n) is 10.8. The van der Waals surface area contributed by atoms with Crippen LogP contribution in [0.4, 0.5) is 11.6 Å². The summed E-state index contributed by atoms with van der Waals surface area (Å²) in [4.78, 5) is 28.6. The van der Waals surface area contributed by atoms with Gasteiger partial charge in [-0.05, 0) is 55.0 Å². The lowest BCUT2D eigenvalue weighted by Crippen LogP contribution is -2.16. The highest BCUT2D eigenvalue weighted by Gasteiger charge is 2.20. The van der Waals surface area contributed by atoms with E-state index in [0.29, 0.717) is 41.1 Å². The molecule has 5 rings (SSSR count). The molecule has 2 aromatic heterocycles. The van der Waals surface area contributed by atoms with Crippen LogP contribution in [0.3, 0.4) is 0 Å². The maximum atomic E-state index is 12.3. The SMILES string of the molecule is Cc1c(C(=O)O)c(=O)oc2cc3c(cc12)nc(Nc1ccc(Br)cc1)n3CCOc1ccccc1. The van der Waals surface area contributed by atoms with Gasteiger partial charge in [0.2, 0.25) is 5.95 Å². The normalized spacial score (nSPS) is 11.1. The van der Waals surface area contributed by atoms with Crippen molar-refractivity contribution in [3.05, 3.63) is 92.7 Å². The number of para-hydroxylation sites is 1. The van der Waals surface area contributed by atoms with Crippen molar-refractivity contribution in [3.8, 4) is 5.75 Å². The van der Waals surface area contributed by atoms with Crippen molar-refractivity contribution >= 4 is 55.5 Å². The molecule has 0 atom stereocenters. The summed E-state index contributed by atoms with van der Waals surface area (Å²) in [6, 6.07) is 20.7. The van der Waals surface area contributed by atoms with Gasteiger partial charge < -0.3 is 24.1 Å². The molecule has 2 heterocycles. The molecule has 8 nitrogen and oxygen atoms in total. The number of benzene rings is 3. The van der Waals surface area contributed by atoms with Crippen LogP contribution in [-0.4, -0.2) is 27.2 Å². The maximum absolute atomic E-state index is 12.3. The zero-order valence-corrected chi connectivity index (χ0v) is 20.2. The minimum atomic E-state index is -1.32. The van der Waals surface area contributed by atoms with Gasteiger partial charge in [-0.3, -0.25) is 0 Å². The molecule has 0 aliphatic carbocycles. The Bertz CT molecular complexity index is 1610. The number of imidazole rings is 1. The van der Waals surface area contributed by atoms with E-state index in [0.717, 1.165) is 21.4 Å². The molecule has 0 spiro atoms. The van der Waals surface area contributed by atoms with Gasteiger partial charge in [0.1, 0.15) is 23.5 Å². The highest BCUT2D eigenvalue weighted by molar-refractivity contribution is 9.10. The predicted molar refractivity (Wildman–Crippen MR) is 137 cm³/mol. The van der Waals surface area contributed by atoms with Gasteiger partial charge in [-0.15, -0.1) is 0 Å². The maximum Gasteiger partial charge on any atom is 0.351 e. The predicted octanol–water partition coefficient (Wildman–Crippen LogP) is 5.73. The lowest BCUT2D eigenvalue weighted by Gasteiger charge is -2.12. The van der Waals surface area contributed by atoms with Crippen molar-refractivity contribution in [2.75, 3.05) is 11.9 Å². The number of aryl methyl sites for hydroxylation is 1. The minimum Gasteiger partial charge on any atom is -0.492 e. The molecule has 0 amide bonds. The van der Waals surface area contributed by atoms with Crippen molar-refractivity contribution in [3.63, 3.8) is 0 Å². The Hall–Kier alpha value is -4.11. The van der Waals surface area contributed by atoms with Gasteiger partial charge in [0.25, 0.3) is 0 Å². The van der Waals surface area contributed by atoms with Crippen LogP contribution in [0.5, 0.6) is 5.75 Å². The van der Waals surface area contributed by atoms with Crippen LogP contribution in [0.15, 0.2) is 80.4 Å². The standard InChI is InChI=1S/C26H20BrN3O5/c1-15-19-13-20-21(14-22(19)35-25(33)23(15)24(31)32)30(11-12-34-18-5-3-2-4-6-18)26(29-20)28-17-9-7-16(27)8-10-17/h2-10,13-14H,11-12H2,1H3,(H,28,29)(H,31,32). The number of fused-ring (bicyclic) bond motifs is 2. The van der Waals surface area contributed by atoms with Crippen molar-refractivity contribution in [1.82, 2.24) is 9.55 Å². The highest BCUT2D eigenvalue weighted by Crippen LogP contribution is 2.29. The molecule has 0 aliphatic rings. The van der Waals surface area contributed by atoms with Crippen molar-refractivity contribution in [2.24, 2.45) is 0 Å². The third kappa shape index (κ3) is 4.50. The lowest BCUT2D eigenvalue weighted by molar-refractivity contribution is 0.0691. The van der Waals surface area contributed by atoms with Crippen LogP contribution in [0.2, 0.25) is 0 Å².